The van der Waals surface area contributed by atoms with Crippen molar-refractivity contribution in [3.8, 4) is 0 Å². The third kappa shape index (κ3) is 3.69. The Morgan fingerprint density at radius 2 is 1.77 bits per heavy atom. The van der Waals surface area contributed by atoms with E-state index in [1.54, 1.807) is 26.4 Å². The lowest BCUT2D eigenvalue weighted by atomic mass is 9.43. The summed E-state index contributed by atoms with van der Waals surface area (Å²) in [6, 6.07) is 9.26. The second kappa shape index (κ2) is 10.5. The molecule has 6 aliphatic rings. The molecule has 13 unspecified atom stereocenters. The molecule has 1 spiro atoms. The molecule has 9 heteroatoms. The van der Waals surface area contributed by atoms with E-state index in [1.807, 2.05) is 32.4 Å². The van der Waals surface area contributed by atoms with Gasteiger partial charge in [0.05, 0.1) is 30.5 Å². The normalized spacial score (nSPS) is 47.3. The number of hydrogen-bond donors (Lipinski definition) is 0. The minimum Gasteiger partial charge on any atom is -0.458 e. The lowest BCUT2D eigenvalue weighted by Crippen LogP contribution is -2.77. The molecule has 5 saturated carbocycles. The second-order valence-electron chi connectivity index (χ2n) is 14.1. The van der Waals surface area contributed by atoms with Gasteiger partial charge in [0.15, 0.2) is 0 Å². The summed E-state index contributed by atoms with van der Waals surface area (Å²) in [5.41, 5.74) is -0.816. The van der Waals surface area contributed by atoms with Gasteiger partial charge in [-0.05, 0) is 43.9 Å². The Balaban J connectivity index is 1.46. The van der Waals surface area contributed by atoms with Crippen molar-refractivity contribution in [3.63, 3.8) is 0 Å². The lowest BCUT2D eigenvalue weighted by Gasteiger charge is -2.69. The maximum Gasteiger partial charge on any atom is 0.338 e. The molecule has 6 fully saturated rings. The van der Waals surface area contributed by atoms with Crippen molar-refractivity contribution < 1.29 is 38.0 Å². The summed E-state index contributed by atoms with van der Waals surface area (Å²) in [7, 11) is 7.20. The van der Waals surface area contributed by atoms with Crippen LogP contribution in [0.1, 0.15) is 49.9 Å². The Kier molecular flexibility index (Phi) is 7.25. The quantitative estimate of drug-likeness (QED) is 0.396. The van der Waals surface area contributed by atoms with E-state index in [4.69, 9.17) is 28.4 Å². The van der Waals surface area contributed by atoms with Gasteiger partial charge in [0.2, 0.25) is 0 Å². The fraction of sp³-hybridized carbons (Fsp3) is 0.765. The van der Waals surface area contributed by atoms with Crippen molar-refractivity contribution in [2.75, 3.05) is 48.1 Å². The molecule has 1 aliphatic heterocycles. The first-order valence-electron chi connectivity index (χ1n) is 16.0. The van der Waals surface area contributed by atoms with E-state index >= 15 is 0 Å². The van der Waals surface area contributed by atoms with Crippen LogP contribution in [0.25, 0.3) is 0 Å². The van der Waals surface area contributed by atoms with Crippen LogP contribution < -0.4 is 0 Å². The van der Waals surface area contributed by atoms with Crippen LogP contribution in [0, 0.1) is 40.4 Å². The number of carbonyl (C=O) groups is 2. The monoisotopic (exact) mass is 597 g/mol. The minimum absolute atomic E-state index is 0.00405. The van der Waals surface area contributed by atoms with Gasteiger partial charge in [-0.2, -0.15) is 0 Å². The standard InChI is InChI=1S/C34H47NO8/c1-7-35-17-32(18-38-3)14-13-24(40-5)34-22-15-21-23(39-4)16-33(43-19(2)36,26(30(34)35)28(41-6)29(32)34)25(22)27(21)42-31(37)20-11-9-8-10-12-20/h8-12,21-30H,7,13-18H2,1-6H3. The van der Waals surface area contributed by atoms with Gasteiger partial charge in [0.25, 0.3) is 0 Å². The van der Waals surface area contributed by atoms with Crippen molar-refractivity contribution in [3.05, 3.63) is 35.9 Å². The first-order valence-corrected chi connectivity index (χ1v) is 16.0. The number of ether oxygens (including phenoxy) is 6. The maximum absolute atomic E-state index is 13.7. The number of benzene rings is 1. The fourth-order valence-corrected chi connectivity index (χ4v) is 12.3. The molecule has 13 atom stereocenters. The molecule has 0 N–H and O–H groups in total. The third-order valence-corrected chi connectivity index (χ3v) is 12.9. The number of methoxy groups -OCH3 is 4. The highest BCUT2D eigenvalue weighted by Crippen LogP contribution is 2.80. The fourth-order valence-electron chi connectivity index (χ4n) is 12.3. The molecule has 7 rings (SSSR count). The number of nitrogens with zero attached hydrogens (tertiary/aromatic N) is 1. The number of rotatable bonds is 9. The molecular weight excluding hydrogens is 550 g/mol. The van der Waals surface area contributed by atoms with Crippen LogP contribution in [-0.2, 0) is 33.2 Å². The molecule has 1 aromatic carbocycles. The number of esters is 2. The molecule has 1 saturated heterocycles. The average molecular weight is 598 g/mol. The molecule has 1 aromatic rings. The van der Waals surface area contributed by atoms with Crippen LogP contribution in [0.4, 0.5) is 0 Å². The van der Waals surface area contributed by atoms with E-state index < -0.39 is 11.7 Å². The summed E-state index contributed by atoms with van der Waals surface area (Å²) in [5.74, 6) is -0.797. The highest BCUT2D eigenvalue weighted by Gasteiger charge is 2.88. The van der Waals surface area contributed by atoms with Gasteiger partial charge in [0, 0.05) is 88.9 Å². The molecule has 5 aliphatic carbocycles. The van der Waals surface area contributed by atoms with Crippen LogP contribution in [0.3, 0.4) is 0 Å². The summed E-state index contributed by atoms with van der Waals surface area (Å²) in [5, 5.41) is 0. The van der Waals surface area contributed by atoms with Crippen LogP contribution >= 0.6 is 0 Å². The summed E-state index contributed by atoms with van der Waals surface area (Å²) in [6.07, 6.45) is 2.42. The van der Waals surface area contributed by atoms with E-state index in [1.165, 1.54) is 6.92 Å². The van der Waals surface area contributed by atoms with Crippen molar-refractivity contribution in [1.29, 1.82) is 0 Å². The first-order chi connectivity index (χ1) is 20.8. The number of piperidine rings is 1. The number of fused-ring (bicyclic) bond motifs is 2. The zero-order valence-corrected chi connectivity index (χ0v) is 26.3. The Hall–Kier alpha value is -2.04. The lowest BCUT2D eigenvalue weighted by molar-refractivity contribution is -0.280. The molecule has 236 valence electrons. The van der Waals surface area contributed by atoms with Gasteiger partial charge < -0.3 is 28.4 Å². The van der Waals surface area contributed by atoms with Crippen molar-refractivity contribution in [2.24, 2.45) is 40.4 Å². The Labute approximate surface area is 254 Å². The van der Waals surface area contributed by atoms with Crippen LogP contribution in [0.15, 0.2) is 30.3 Å². The highest BCUT2D eigenvalue weighted by molar-refractivity contribution is 5.89. The molecular formula is C34H47NO8. The summed E-state index contributed by atoms with van der Waals surface area (Å²) < 4.78 is 38.7. The largest absolute Gasteiger partial charge is 0.458 e. The number of hydrogen-bond acceptors (Lipinski definition) is 9. The molecule has 43 heavy (non-hydrogen) atoms. The average Bonchev–Trinajstić information content (AvgIpc) is 3.43. The smallest absolute Gasteiger partial charge is 0.338 e. The topological polar surface area (TPSA) is 92.8 Å². The predicted octanol–water partition coefficient (Wildman–Crippen LogP) is 3.59. The number of carbonyl (C=O) groups excluding carboxylic acids is 2. The SMILES string of the molecule is CCN1CC2(COC)CCC(OC)C34C5CC6C(OC)CC(OC(C)=O)(C5C6OC(=O)c5ccccc5)C(C(OC)C23)C14. The minimum atomic E-state index is -0.922. The van der Waals surface area contributed by atoms with Gasteiger partial charge in [-0.1, -0.05) is 25.1 Å². The predicted molar refractivity (Wildman–Crippen MR) is 156 cm³/mol. The van der Waals surface area contributed by atoms with Crippen molar-refractivity contribution in [2.45, 2.75) is 75.6 Å². The van der Waals surface area contributed by atoms with Gasteiger partial charge in [0.1, 0.15) is 11.7 Å². The Bertz CT molecular complexity index is 1240. The van der Waals surface area contributed by atoms with Gasteiger partial charge >= 0.3 is 11.9 Å². The van der Waals surface area contributed by atoms with Gasteiger partial charge in [-0.3, -0.25) is 9.69 Å². The van der Waals surface area contributed by atoms with E-state index in [-0.39, 0.29) is 76.7 Å². The molecule has 1 heterocycles. The molecule has 0 radical (unpaired) electrons. The van der Waals surface area contributed by atoms with Crippen molar-refractivity contribution >= 4 is 11.9 Å². The zero-order valence-electron chi connectivity index (χ0n) is 26.3. The molecule has 0 amide bonds. The van der Waals surface area contributed by atoms with Gasteiger partial charge in [-0.25, -0.2) is 4.79 Å². The van der Waals surface area contributed by atoms with Gasteiger partial charge in [-0.15, -0.1) is 0 Å². The zero-order chi connectivity index (χ0) is 30.3. The van der Waals surface area contributed by atoms with Crippen molar-refractivity contribution in [1.82, 2.24) is 4.90 Å². The molecule has 9 nitrogen and oxygen atoms in total. The van der Waals surface area contributed by atoms with E-state index in [0.717, 1.165) is 32.4 Å². The van der Waals surface area contributed by atoms with E-state index in [2.05, 4.69) is 11.8 Å². The Morgan fingerprint density at radius 1 is 1.00 bits per heavy atom. The maximum atomic E-state index is 13.7. The number of likely N-dealkylation sites (tertiary alicyclic amines) is 1. The first kappa shape index (κ1) is 29.7. The Morgan fingerprint density at radius 3 is 2.40 bits per heavy atom. The highest BCUT2D eigenvalue weighted by atomic mass is 16.6. The summed E-state index contributed by atoms with van der Waals surface area (Å²) >= 11 is 0. The third-order valence-electron chi connectivity index (χ3n) is 12.9. The molecule has 0 aromatic heterocycles. The van der Waals surface area contributed by atoms with Crippen LogP contribution in [0.2, 0.25) is 0 Å². The molecule has 7 bridgehead atoms. The van der Waals surface area contributed by atoms with Crippen LogP contribution in [0.5, 0.6) is 0 Å². The van der Waals surface area contributed by atoms with E-state index in [9.17, 15) is 9.59 Å². The second-order valence-corrected chi connectivity index (χ2v) is 14.1. The van der Waals surface area contributed by atoms with Crippen LogP contribution in [-0.4, -0.2) is 101 Å². The van der Waals surface area contributed by atoms with E-state index in [0.29, 0.717) is 18.6 Å². The summed E-state index contributed by atoms with van der Waals surface area (Å²) in [4.78, 5) is 29.5. The summed E-state index contributed by atoms with van der Waals surface area (Å²) in [6.45, 7) is 6.16.